The molecule has 0 saturated carbocycles. The van der Waals surface area contributed by atoms with Crippen molar-refractivity contribution in [3.63, 3.8) is 0 Å². The largest absolute Gasteiger partial charge is 0.468 e. The molecule has 0 radical (unpaired) electrons. The molecule has 0 N–H and O–H groups in total. The summed E-state index contributed by atoms with van der Waals surface area (Å²) >= 11 is 0. The van der Waals surface area contributed by atoms with E-state index in [1.807, 2.05) is 0 Å². The standard InChI is InChI=1S/C14H14N4O3/c1-3-8-18(10-14(20)21-2)13(19)9-11-6-4-5-7-12(11)16-17-15/h1,4-7H,8-10H2,2H3. The first kappa shape index (κ1) is 16.1. The van der Waals surface area contributed by atoms with Gasteiger partial charge in [-0.3, -0.25) is 9.59 Å². The summed E-state index contributed by atoms with van der Waals surface area (Å²) in [5.41, 5.74) is 9.43. The molecule has 108 valence electrons. The molecule has 0 heterocycles. The van der Waals surface area contributed by atoms with Crippen LogP contribution in [0.3, 0.4) is 0 Å². The summed E-state index contributed by atoms with van der Waals surface area (Å²) in [7, 11) is 1.23. The molecule has 1 aromatic carbocycles. The molecule has 0 aromatic heterocycles. The summed E-state index contributed by atoms with van der Waals surface area (Å²) in [5, 5.41) is 3.52. The molecule has 1 amide bonds. The van der Waals surface area contributed by atoms with Crippen molar-refractivity contribution < 1.29 is 14.3 Å². The highest BCUT2D eigenvalue weighted by Crippen LogP contribution is 2.19. The number of nitrogens with zero attached hydrogens (tertiary/aromatic N) is 4. The SMILES string of the molecule is C#CCN(CC(=O)OC)C(=O)Cc1ccccc1N=[N+]=[N-]. The number of carbonyl (C=O) groups excluding carboxylic acids is 2. The van der Waals surface area contributed by atoms with Crippen LogP contribution in [0.4, 0.5) is 5.69 Å². The quantitative estimate of drug-likeness (QED) is 0.262. The first-order chi connectivity index (χ1) is 10.1. The van der Waals surface area contributed by atoms with Crippen LogP contribution in [0, 0.1) is 12.3 Å². The van der Waals surface area contributed by atoms with Crippen molar-refractivity contribution in [2.24, 2.45) is 5.11 Å². The summed E-state index contributed by atoms with van der Waals surface area (Å²) < 4.78 is 4.52. The first-order valence-electron chi connectivity index (χ1n) is 6.03. The summed E-state index contributed by atoms with van der Waals surface area (Å²) in [4.78, 5) is 27.4. The Morgan fingerprint density at radius 1 is 1.48 bits per heavy atom. The van der Waals surface area contributed by atoms with Gasteiger partial charge in [0.1, 0.15) is 6.54 Å². The molecule has 0 aliphatic carbocycles. The van der Waals surface area contributed by atoms with Crippen molar-refractivity contribution >= 4 is 17.6 Å². The molecule has 0 bridgehead atoms. The van der Waals surface area contributed by atoms with Crippen LogP contribution in [-0.2, 0) is 20.7 Å². The minimum atomic E-state index is -0.554. The van der Waals surface area contributed by atoms with E-state index in [1.54, 1.807) is 24.3 Å². The molecule has 0 aliphatic rings. The van der Waals surface area contributed by atoms with Gasteiger partial charge in [-0.05, 0) is 11.1 Å². The Morgan fingerprint density at radius 2 is 2.19 bits per heavy atom. The Hall–Kier alpha value is -2.97. The molecular formula is C14H14N4O3. The van der Waals surface area contributed by atoms with E-state index in [0.717, 1.165) is 0 Å². The summed E-state index contributed by atoms with van der Waals surface area (Å²) in [6.45, 7) is -0.221. The average Bonchev–Trinajstić information content (AvgIpc) is 2.48. The third-order valence-corrected chi connectivity index (χ3v) is 2.67. The fraction of sp³-hybridized carbons (Fsp3) is 0.286. The number of amides is 1. The van der Waals surface area contributed by atoms with Crippen molar-refractivity contribution in [1.29, 1.82) is 0 Å². The maximum atomic E-state index is 12.2. The lowest BCUT2D eigenvalue weighted by molar-refractivity contribution is -0.146. The van der Waals surface area contributed by atoms with Crippen LogP contribution in [0.1, 0.15) is 5.56 Å². The Bertz CT molecular complexity index is 615. The Kier molecular flexibility index (Phi) is 6.32. The molecule has 0 atom stereocenters. The number of esters is 1. The van der Waals surface area contributed by atoms with Gasteiger partial charge in [-0.2, -0.15) is 0 Å². The molecule has 7 nitrogen and oxygen atoms in total. The smallest absolute Gasteiger partial charge is 0.325 e. The second kappa shape index (κ2) is 8.25. The maximum Gasteiger partial charge on any atom is 0.325 e. The molecule has 0 fully saturated rings. The highest BCUT2D eigenvalue weighted by atomic mass is 16.5. The van der Waals surface area contributed by atoms with Crippen LogP contribution >= 0.6 is 0 Å². The van der Waals surface area contributed by atoms with E-state index in [2.05, 4.69) is 20.7 Å². The highest BCUT2D eigenvalue weighted by molar-refractivity contribution is 5.84. The number of terminal acetylenes is 1. The zero-order chi connectivity index (χ0) is 15.7. The van der Waals surface area contributed by atoms with Gasteiger partial charge in [-0.1, -0.05) is 35.3 Å². The molecule has 7 heteroatoms. The zero-order valence-electron chi connectivity index (χ0n) is 11.5. The molecule has 0 unspecified atom stereocenters. The van der Waals surface area contributed by atoms with Crippen molar-refractivity contribution in [2.45, 2.75) is 6.42 Å². The van der Waals surface area contributed by atoms with Gasteiger partial charge in [0.15, 0.2) is 0 Å². The van der Waals surface area contributed by atoms with Crippen molar-refractivity contribution in [1.82, 2.24) is 4.90 Å². The van der Waals surface area contributed by atoms with Gasteiger partial charge in [-0.15, -0.1) is 6.42 Å². The minimum absolute atomic E-state index is 0.00236. The summed E-state index contributed by atoms with van der Waals surface area (Å²) in [6.07, 6.45) is 5.17. The molecule has 21 heavy (non-hydrogen) atoms. The summed E-state index contributed by atoms with van der Waals surface area (Å²) in [6, 6.07) is 6.71. The average molecular weight is 286 g/mol. The lowest BCUT2D eigenvalue weighted by Crippen LogP contribution is -2.37. The fourth-order valence-electron chi connectivity index (χ4n) is 1.64. The van der Waals surface area contributed by atoms with Crippen LogP contribution < -0.4 is 0 Å². The third-order valence-electron chi connectivity index (χ3n) is 2.67. The number of methoxy groups -OCH3 is 1. The Morgan fingerprint density at radius 3 is 2.81 bits per heavy atom. The molecule has 1 aromatic rings. The lowest BCUT2D eigenvalue weighted by atomic mass is 10.1. The van der Waals surface area contributed by atoms with Gasteiger partial charge in [0.05, 0.1) is 20.1 Å². The van der Waals surface area contributed by atoms with Crippen LogP contribution in [0.5, 0.6) is 0 Å². The van der Waals surface area contributed by atoms with E-state index >= 15 is 0 Å². The van der Waals surface area contributed by atoms with E-state index in [-0.39, 0.29) is 25.4 Å². The topological polar surface area (TPSA) is 95.4 Å². The first-order valence-corrected chi connectivity index (χ1v) is 6.03. The second-order valence-electron chi connectivity index (χ2n) is 4.02. The van der Waals surface area contributed by atoms with Crippen molar-refractivity contribution in [2.75, 3.05) is 20.2 Å². The van der Waals surface area contributed by atoms with Crippen LogP contribution in [0.25, 0.3) is 10.4 Å². The van der Waals surface area contributed by atoms with E-state index in [4.69, 9.17) is 12.0 Å². The normalized spacial score (nSPS) is 9.14. The lowest BCUT2D eigenvalue weighted by Gasteiger charge is -2.19. The molecule has 0 spiro atoms. The number of azide groups is 1. The van der Waals surface area contributed by atoms with E-state index in [9.17, 15) is 9.59 Å². The van der Waals surface area contributed by atoms with Crippen molar-refractivity contribution in [3.05, 3.63) is 40.3 Å². The van der Waals surface area contributed by atoms with Crippen LogP contribution in [-0.4, -0.2) is 37.0 Å². The monoisotopic (exact) mass is 286 g/mol. The summed E-state index contributed by atoms with van der Waals surface area (Å²) in [5.74, 6) is 1.42. The number of ether oxygens (including phenoxy) is 1. The van der Waals surface area contributed by atoms with Gasteiger partial charge in [0, 0.05) is 10.6 Å². The van der Waals surface area contributed by atoms with E-state index in [1.165, 1.54) is 12.0 Å². The van der Waals surface area contributed by atoms with Gasteiger partial charge < -0.3 is 9.64 Å². The zero-order valence-corrected chi connectivity index (χ0v) is 11.5. The number of hydrogen-bond acceptors (Lipinski definition) is 4. The predicted molar refractivity (Wildman–Crippen MR) is 76.4 cm³/mol. The van der Waals surface area contributed by atoms with Gasteiger partial charge >= 0.3 is 5.97 Å². The number of benzene rings is 1. The predicted octanol–water partition coefficient (Wildman–Crippen LogP) is 1.81. The van der Waals surface area contributed by atoms with E-state index < -0.39 is 5.97 Å². The molecule has 1 rings (SSSR count). The third kappa shape index (κ3) is 4.90. The van der Waals surface area contributed by atoms with Crippen LogP contribution in [0.2, 0.25) is 0 Å². The highest BCUT2D eigenvalue weighted by Gasteiger charge is 2.17. The molecule has 0 aliphatic heterocycles. The Labute approximate surface area is 122 Å². The van der Waals surface area contributed by atoms with Crippen molar-refractivity contribution in [3.8, 4) is 12.3 Å². The number of hydrogen-bond donors (Lipinski definition) is 0. The van der Waals surface area contributed by atoms with Gasteiger partial charge in [-0.25, -0.2) is 0 Å². The number of rotatable bonds is 6. The van der Waals surface area contributed by atoms with Gasteiger partial charge in [0.25, 0.3) is 0 Å². The molecular weight excluding hydrogens is 272 g/mol. The van der Waals surface area contributed by atoms with Crippen LogP contribution in [0.15, 0.2) is 29.4 Å². The number of carbonyl (C=O) groups is 2. The van der Waals surface area contributed by atoms with Gasteiger partial charge in [0.2, 0.25) is 5.91 Å². The second-order valence-corrected chi connectivity index (χ2v) is 4.02. The Balaban J connectivity index is 2.89. The maximum absolute atomic E-state index is 12.2. The van der Waals surface area contributed by atoms with E-state index in [0.29, 0.717) is 11.3 Å². The minimum Gasteiger partial charge on any atom is -0.468 e. The molecule has 0 saturated heterocycles. The fourth-order valence-corrected chi connectivity index (χ4v) is 1.64.